The predicted octanol–water partition coefficient (Wildman–Crippen LogP) is 1.45. The summed E-state index contributed by atoms with van der Waals surface area (Å²) in [6.45, 7) is 3.96. The maximum Gasteiger partial charge on any atom is 0.271 e. The number of hydrogen-bond acceptors (Lipinski definition) is 7. The van der Waals surface area contributed by atoms with E-state index in [-0.39, 0.29) is 18.0 Å². The Bertz CT molecular complexity index is 1200. The van der Waals surface area contributed by atoms with Crippen molar-refractivity contribution in [3.8, 4) is 0 Å². The van der Waals surface area contributed by atoms with Gasteiger partial charge in [-0.05, 0) is 30.3 Å². The molecule has 2 amide bonds. The minimum Gasteiger partial charge on any atom is -0.379 e. The first-order valence-electron chi connectivity index (χ1n) is 10.9. The number of aromatic amines is 1. The topological polar surface area (TPSA) is 129 Å². The van der Waals surface area contributed by atoms with Gasteiger partial charge >= 0.3 is 0 Å². The van der Waals surface area contributed by atoms with Crippen LogP contribution < -0.4 is 16.1 Å². The molecule has 2 aliphatic rings. The molecule has 0 spiro atoms. The van der Waals surface area contributed by atoms with E-state index >= 15 is 0 Å². The summed E-state index contributed by atoms with van der Waals surface area (Å²) in [5.41, 5.74) is 8.81. The maximum absolute atomic E-state index is 12.9. The third-order valence-electron chi connectivity index (χ3n) is 5.79. The molecule has 1 aromatic heterocycles. The second-order valence-electron chi connectivity index (χ2n) is 8.11. The quantitative estimate of drug-likeness (QED) is 0.525. The number of morpholine rings is 1. The van der Waals surface area contributed by atoms with Crippen molar-refractivity contribution >= 4 is 39.9 Å². The van der Waals surface area contributed by atoms with Crippen molar-refractivity contribution in [2.45, 2.75) is 19.0 Å². The number of hydrazone groups is 1. The van der Waals surface area contributed by atoms with Crippen molar-refractivity contribution < 1.29 is 14.3 Å². The van der Waals surface area contributed by atoms with Crippen molar-refractivity contribution in [1.29, 1.82) is 0 Å². The number of nitrogens with zero attached hydrogens (tertiary/aromatic N) is 4. The highest BCUT2D eigenvalue weighted by atomic mass is 16.5. The first-order valence-corrected chi connectivity index (χ1v) is 10.9. The fourth-order valence-corrected chi connectivity index (χ4v) is 4.08. The summed E-state index contributed by atoms with van der Waals surface area (Å²) in [4.78, 5) is 35.1. The van der Waals surface area contributed by atoms with E-state index in [2.05, 4.69) is 25.3 Å². The molecule has 3 heterocycles. The highest BCUT2D eigenvalue weighted by Gasteiger charge is 2.35. The van der Waals surface area contributed by atoms with E-state index in [0.29, 0.717) is 11.4 Å². The molecule has 1 fully saturated rings. The molecule has 1 saturated heterocycles. The molecule has 0 aliphatic carbocycles. The van der Waals surface area contributed by atoms with Gasteiger partial charge in [-0.25, -0.2) is 4.98 Å². The second kappa shape index (κ2) is 9.00. The standard InChI is InChI=1S/C23H25N7O3/c24-22(31)20-13-19(28-30(20)16-4-2-1-3-5-16)23(32)25-15-6-7-17-18(12-15)27-21(26-17)14-29-8-10-33-11-9-29/h1-7,12,20H,8-11,13-14H2,(H2,24,31)(H,25,32)(H,26,27). The van der Waals surface area contributed by atoms with Gasteiger partial charge in [0.1, 0.15) is 17.6 Å². The smallest absolute Gasteiger partial charge is 0.271 e. The summed E-state index contributed by atoms with van der Waals surface area (Å²) in [6.07, 6.45) is 0.145. The second-order valence-corrected chi connectivity index (χ2v) is 8.11. The lowest BCUT2D eigenvalue weighted by Crippen LogP contribution is -2.39. The van der Waals surface area contributed by atoms with Gasteiger partial charge in [-0.1, -0.05) is 18.2 Å². The number of nitrogens with one attached hydrogen (secondary N) is 2. The average molecular weight is 447 g/mol. The maximum atomic E-state index is 12.9. The fraction of sp³-hybridized carbons (Fsp3) is 0.304. The van der Waals surface area contributed by atoms with Crippen LogP contribution >= 0.6 is 0 Å². The Morgan fingerprint density at radius 2 is 1.94 bits per heavy atom. The van der Waals surface area contributed by atoms with E-state index in [1.807, 2.05) is 42.5 Å². The lowest BCUT2D eigenvalue weighted by atomic mass is 10.1. The van der Waals surface area contributed by atoms with Crippen LogP contribution in [0.2, 0.25) is 0 Å². The Balaban J connectivity index is 1.30. The Kier molecular flexibility index (Phi) is 5.76. The third kappa shape index (κ3) is 4.57. The molecule has 0 bridgehead atoms. The van der Waals surface area contributed by atoms with Crippen molar-refractivity contribution in [2.24, 2.45) is 10.8 Å². The number of nitrogens with two attached hydrogens (primary N) is 1. The largest absolute Gasteiger partial charge is 0.379 e. The number of rotatable bonds is 6. The Labute approximate surface area is 190 Å². The molecule has 3 aromatic rings. The third-order valence-corrected chi connectivity index (χ3v) is 5.79. The van der Waals surface area contributed by atoms with Gasteiger partial charge in [0, 0.05) is 25.2 Å². The summed E-state index contributed by atoms with van der Waals surface area (Å²) in [5.74, 6) is -0.0255. The van der Waals surface area contributed by atoms with Crippen LogP contribution in [0.25, 0.3) is 11.0 Å². The van der Waals surface area contributed by atoms with Crippen molar-refractivity contribution in [3.05, 3.63) is 54.4 Å². The average Bonchev–Trinajstić information content (AvgIpc) is 3.44. The van der Waals surface area contributed by atoms with Crippen LogP contribution in [0, 0.1) is 0 Å². The zero-order valence-electron chi connectivity index (χ0n) is 18.0. The SMILES string of the molecule is NC(=O)C1CC(C(=O)Nc2ccc3nc(CN4CCOCC4)[nH]c3c2)=NN1c1ccccc1. The zero-order valence-corrected chi connectivity index (χ0v) is 18.0. The Morgan fingerprint density at radius 3 is 2.70 bits per heavy atom. The zero-order chi connectivity index (χ0) is 22.8. The van der Waals surface area contributed by atoms with Crippen LogP contribution in [0.1, 0.15) is 12.2 Å². The van der Waals surface area contributed by atoms with Gasteiger partial charge in [0.05, 0.1) is 36.5 Å². The molecule has 0 saturated carbocycles. The first-order chi connectivity index (χ1) is 16.1. The number of amides is 2. The van der Waals surface area contributed by atoms with Crippen molar-refractivity contribution in [1.82, 2.24) is 14.9 Å². The summed E-state index contributed by atoms with van der Waals surface area (Å²) in [7, 11) is 0. The van der Waals surface area contributed by atoms with Crippen LogP contribution in [-0.4, -0.2) is 64.7 Å². The number of aromatic nitrogens is 2. The monoisotopic (exact) mass is 447 g/mol. The van der Waals surface area contributed by atoms with Gasteiger partial charge in [-0.3, -0.25) is 19.5 Å². The van der Waals surface area contributed by atoms with Crippen LogP contribution in [0.5, 0.6) is 0 Å². The summed E-state index contributed by atoms with van der Waals surface area (Å²) in [6, 6.07) is 14.0. The number of benzene rings is 2. The number of imidazole rings is 1. The molecular weight excluding hydrogens is 422 g/mol. The number of hydrogen-bond donors (Lipinski definition) is 3. The Morgan fingerprint density at radius 1 is 1.15 bits per heavy atom. The summed E-state index contributed by atoms with van der Waals surface area (Å²) >= 11 is 0. The highest BCUT2D eigenvalue weighted by Crippen LogP contribution is 2.25. The lowest BCUT2D eigenvalue weighted by Gasteiger charge is -2.25. The summed E-state index contributed by atoms with van der Waals surface area (Å²) < 4.78 is 5.39. The molecular formula is C23H25N7O3. The Hall–Kier alpha value is -3.76. The molecule has 170 valence electrons. The molecule has 1 atom stereocenters. The molecule has 2 aromatic carbocycles. The van der Waals surface area contributed by atoms with Crippen molar-refractivity contribution in [3.63, 3.8) is 0 Å². The first kappa shape index (κ1) is 21.1. The number of H-pyrrole nitrogens is 1. The molecule has 2 aliphatic heterocycles. The summed E-state index contributed by atoms with van der Waals surface area (Å²) in [5, 5.41) is 8.77. The molecule has 1 unspecified atom stereocenters. The van der Waals surface area contributed by atoms with Gasteiger partial charge in [0.25, 0.3) is 5.91 Å². The minimum absolute atomic E-state index is 0.145. The number of primary amides is 1. The normalized spacial score (nSPS) is 19.0. The lowest BCUT2D eigenvalue weighted by molar-refractivity contribution is -0.119. The highest BCUT2D eigenvalue weighted by molar-refractivity contribution is 6.44. The van der Waals surface area contributed by atoms with Gasteiger partial charge in [0.15, 0.2) is 0 Å². The van der Waals surface area contributed by atoms with Gasteiger partial charge < -0.3 is 20.8 Å². The van der Waals surface area contributed by atoms with Gasteiger partial charge in [0.2, 0.25) is 5.91 Å². The van der Waals surface area contributed by atoms with Gasteiger partial charge in [-0.2, -0.15) is 5.10 Å². The van der Waals surface area contributed by atoms with E-state index in [0.717, 1.165) is 49.7 Å². The number of fused-ring (bicyclic) bond motifs is 1. The van der Waals surface area contributed by atoms with Crippen LogP contribution in [0.4, 0.5) is 11.4 Å². The molecule has 10 nitrogen and oxygen atoms in total. The van der Waals surface area contributed by atoms with E-state index in [1.54, 1.807) is 6.07 Å². The number of carbonyl (C=O) groups excluding carboxylic acids is 2. The number of carbonyl (C=O) groups is 2. The van der Waals surface area contributed by atoms with Gasteiger partial charge in [-0.15, -0.1) is 0 Å². The fourth-order valence-electron chi connectivity index (χ4n) is 4.08. The number of para-hydroxylation sites is 1. The van der Waals surface area contributed by atoms with E-state index in [9.17, 15) is 9.59 Å². The van der Waals surface area contributed by atoms with Crippen molar-refractivity contribution in [2.75, 3.05) is 36.6 Å². The van der Waals surface area contributed by atoms with E-state index < -0.39 is 11.9 Å². The molecule has 10 heteroatoms. The number of anilines is 2. The van der Waals surface area contributed by atoms with Crippen LogP contribution in [0.3, 0.4) is 0 Å². The molecule has 0 radical (unpaired) electrons. The molecule has 4 N–H and O–H groups in total. The molecule has 5 rings (SSSR count). The predicted molar refractivity (Wildman–Crippen MR) is 125 cm³/mol. The number of ether oxygens (including phenoxy) is 1. The minimum atomic E-state index is -0.703. The van der Waals surface area contributed by atoms with E-state index in [1.165, 1.54) is 5.01 Å². The van der Waals surface area contributed by atoms with E-state index in [4.69, 9.17) is 10.5 Å². The van der Waals surface area contributed by atoms with Crippen LogP contribution in [-0.2, 0) is 20.9 Å². The van der Waals surface area contributed by atoms with Crippen LogP contribution in [0.15, 0.2) is 53.6 Å². The molecule has 33 heavy (non-hydrogen) atoms.